The number of hydrogen-bond acceptors (Lipinski definition) is 2. The van der Waals surface area contributed by atoms with Gasteiger partial charge in [0.15, 0.2) is 0 Å². The van der Waals surface area contributed by atoms with Crippen LogP contribution in [0, 0.1) is 5.82 Å². The molecule has 0 saturated carbocycles. The molecule has 1 atom stereocenters. The van der Waals surface area contributed by atoms with E-state index in [1.807, 2.05) is 18.4 Å². The zero-order valence-corrected chi connectivity index (χ0v) is 9.84. The lowest BCUT2D eigenvalue weighted by Crippen LogP contribution is -2.11. The standard InChI is InChI=1S/C13H15FN2O/c1-9(2)16-8-15-7-12(16)13(17)10-5-3-4-6-11(10)14/h3-9,13,17H,1-2H3. The predicted molar refractivity (Wildman–Crippen MR) is 63.1 cm³/mol. The second-order valence-electron chi connectivity index (χ2n) is 4.24. The Bertz CT molecular complexity index is 508. The van der Waals surface area contributed by atoms with Gasteiger partial charge >= 0.3 is 0 Å². The summed E-state index contributed by atoms with van der Waals surface area (Å²) in [5.74, 6) is -0.406. The van der Waals surface area contributed by atoms with Crippen molar-refractivity contribution in [3.63, 3.8) is 0 Å². The molecular formula is C13H15FN2O. The van der Waals surface area contributed by atoms with Gasteiger partial charge in [0.1, 0.15) is 11.9 Å². The summed E-state index contributed by atoms with van der Waals surface area (Å²) in [6.45, 7) is 3.97. The van der Waals surface area contributed by atoms with E-state index in [4.69, 9.17) is 0 Å². The lowest BCUT2D eigenvalue weighted by molar-refractivity contribution is 0.203. The zero-order valence-electron chi connectivity index (χ0n) is 9.84. The number of nitrogens with zero attached hydrogens (tertiary/aromatic N) is 2. The monoisotopic (exact) mass is 234 g/mol. The second-order valence-corrected chi connectivity index (χ2v) is 4.24. The van der Waals surface area contributed by atoms with Crippen molar-refractivity contribution in [1.29, 1.82) is 0 Å². The van der Waals surface area contributed by atoms with Crippen molar-refractivity contribution in [3.05, 3.63) is 53.9 Å². The lowest BCUT2D eigenvalue weighted by Gasteiger charge is -2.17. The van der Waals surface area contributed by atoms with Crippen LogP contribution in [-0.4, -0.2) is 14.7 Å². The van der Waals surface area contributed by atoms with Crippen LogP contribution < -0.4 is 0 Å². The van der Waals surface area contributed by atoms with Gasteiger partial charge in [0, 0.05) is 11.6 Å². The molecule has 0 radical (unpaired) electrons. The Morgan fingerprint density at radius 1 is 1.29 bits per heavy atom. The molecule has 2 rings (SSSR count). The summed E-state index contributed by atoms with van der Waals surface area (Å²) in [6.07, 6.45) is 2.22. The molecular weight excluding hydrogens is 219 g/mol. The predicted octanol–water partition coefficient (Wildman–Crippen LogP) is 2.68. The third-order valence-electron chi connectivity index (χ3n) is 2.73. The van der Waals surface area contributed by atoms with Crippen molar-refractivity contribution >= 4 is 0 Å². The molecule has 90 valence electrons. The molecule has 1 unspecified atom stereocenters. The van der Waals surface area contributed by atoms with Crippen molar-refractivity contribution in [2.24, 2.45) is 0 Å². The number of imidazole rings is 1. The van der Waals surface area contributed by atoms with E-state index in [2.05, 4.69) is 4.98 Å². The van der Waals surface area contributed by atoms with E-state index < -0.39 is 11.9 Å². The number of aliphatic hydroxyl groups is 1. The minimum absolute atomic E-state index is 0.175. The van der Waals surface area contributed by atoms with Gasteiger partial charge in [-0.3, -0.25) is 0 Å². The molecule has 0 aliphatic carbocycles. The van der Waals surface area contributed by atoms with E-state index in [1.165, 1.54) is 6.07 Å². The molecule has 0 aliphatic heterocycles. The molecule has 0 saturated heterocycles. The summed E-state index contributed by atoms with van der Waals surface area (Å²) in [6, 6.07) is 6.41. The van der Waals surface area contributed by atoms with Crippen molar-refractivity contribution in [3.8, 4) is 0 Å². The van der Waals surface area contributed by atoms with Gasteiger partial charge < -0.3 is 9.67 Å². The first-order valence-corrected chi connectivity index (χ1v) is 5.55. The smallest absolute Gasteiger partial charge is 0.129 e. The van der Waals surface area contributed by atoms with Crippen molar-refractivity contribution in [2.75, 3.05) is 0 Å². The van der Waals surface area contributed by atoms with E-state index in [0.29, 0.717) is 5.69 Å². The highest BCUT2D eigenvalue weighted by molar-refractivity contribution is 5.26. The van der Waals surface area contributed by atoms with Crippen LogP contribution in [0.4, 0.5) is 4.39 Å². The molecule has 3 nitrogen and oxygen atoms in total. The first kappa shape index (κ1) is 11.8. The Morgan fingerprint density at radius 3 is 2.65 bits per heavy atom. The highest BCUT2D eigenvalue weighted by atomic mass is 19.1. The van der Waals surface area contributed by atoms with Gasteiger partial charge in [0.2, 0.25) is 0 Å². The summed E-state index contributed by atoms with van der Waals surface area (Å²) >= 11 is 0. The largest absolute Gasteiger partial charge is 0.382 e. The molecule has 1 aromatic heterocycles. The van der Waals surface area contributed by atoms with Gasteiger partial charge in [-0.1, -0.05) is 18.2 Å². The summed E-state index contributed by atoms with van der Waals surface area (Å²) in [4.78, 5) is 4.00. The average Bonchev–Trinajstić information content (AvgIpc) is 2.77. The number of aliphatic hydroxyl groups excluding tert-OH is 1. The van der Waals surface area contributed by atoms with E-state index in [1.54, 1.807) is 30.7 Å². The summed E-state index contributed by atoms with van der Waals surface area (Å²) in [5.41, 5.74) is 0.875. The van der Waals surface area contributed by atoms with E-state index in [9.17, 15) is 9.50 Å². The number of hydrogen-bond donors (Lipinski definition) is 1. The van der Waals surface area contributed by atoms with E-state index in [0.717, 1.165) is 0 Å². The lowest BCUT2D eigenvalue weighted by atomic mass is 10.1. The molecule has 4 heteroatoms. The normalized spacial score (nSPS) is 13.0. The molecule has 0 bridgehead atoms. The third kappa shape index (κ3) is 2.22. The molecule has 2 aromatic rings. The maximum Gasteiger partial charge on any atom is 0.129 e. The Hall–Kier alpha value is -1.68. The summed E-state index contributed by atoms with van der Waals surface area (Å²) < 4.78 is 15.4. The van der Waals surface area contributed by atoms with E-state index in [-0.39, 0.29) is 11.6 Å². The SMILES string of the molecule is CC(C)n1cncc1C(O)c1ccccc1F. The van der Waals surface area contributed by atoms with Crippen molar-refractivity contribution in [2.45, 2.75) is 26.0 Å². The molecule has 0 spiro atoms. The van der Waals surface area contributed by atoms with Crippen LogP contribution in [0.3, 0.4) is 0 Å². The zero-order chi connectivity index (χ0) is 12.4. The van der Waals surface area contributed by atoms with Crippen LogP contribution in [0.15, 0.2) is 36.8 Å². The molecule has 1 heterocycles. The quantitative estimate of drug-likeness (QED) is 0.886. The fourth-order valence-electron chi connectivity index (χ4n) is 1.81. The van der Waals surface area contributed by atoms with Gasteiger partial charge in [-0.05, 0) is 19.9 Å². The second kappa shape index (κ2) is 4.67. The van der Waals surface area contributed by atoms with E-state index >= 15 is 0 Å². The maximum absolute atomic E-state index is 13.6. The molecule has 1 N–H and O–H groups in total. The van der Waals surface area contributed by atoms with Crippen LogP contribution in [0.1, 0.15) is 37.3 Å². The Kier molecular flexibility index (Phi) is 3.24. The Balaban J connectivity index is 2.41. The highest BCUT2D eigenvalue weighted by Crippen LogP contribution is 2.25. The number of aromatic nitrogens is 2. The van der Waals surface area contributed by atoms with Crippen LogP contribution in [-0.2, 0) is 0 Å². The van der Waals surface area contributed by atoms with Crippen molar-refractivity contribution in [1.82, 2.24) is 9.55 Å². The Labute approximate surface area is 99.5 Å². The first-order valence-electron chi connectivity index (χ1n) is 5.55. The minimum atomic E-state index is -0.985. The van der Waals surface area contributed by atoms with Crippen LogP contribution in [0.5, 0.6) is 0 Å². The van der Waals surface area contributed by atoms with Gasteiger partial charge in [0.25, 0.3) is 0 Å². The minimum Gasteiger partial charge on any atom is -0.382 e. The van der Waals surface area contributed by atoms with Gasteiger partial charge in [-0.25, -0.2) is 9.37 Å². The molecule has 0 aliphatic rings. The van der Waals surface area contributed by atoms with Crippen LogP contribution in [0.2, 0.25) is 0 Å². The summed E-state index contributed by atoms with van der Waals surface area (Å²) in [5, 5.41) is 10.2. The van der Waals surface area contributed by atoms with Crippen molar-refractivity contribution < 1.29 is 9.50 Å². The first-order chi connectivity index (χ1) is 8.11. The van der Waals surface area contributed by atoms with Gasteiger partial charge in [0.05, 0.1) is 18.2 Å². The average molecular weight is 234 g/mol. The summed E-state index contributed by atoms with van der Waals surface area (Å²) in [7, 11) is 0. The maximum atomic E-state index is 13.6. The molecule has 0 amide bonds. The van der Waals surface area contributed by atoms with Crippen LogP contribution in [0.25, 0.3) is 0 Å². The fraction of sp³-hybridized carbons (Fsp3) is 0.308. The molecule has 1 aromatic carbocycles. The number of benzene rings is 1. The third-order valence-corrected chi connectivity index (χ3v) is 2.73. The number of rotatable bonds is 3. The van der Waals surface area contributed by atoms with Crippen LogP contribution >= 0.6 is 0 Å². The van der Waals surface area contributed by atoms with Gasteiger partial charge in [-0.2, -0.15) is 0 Å². The fourth-order valence-corrected chi connectivity index (χ4v) is 1.81. The number of halogens is 1. The van der Waals surface area contributed by atoms with Gasteiger partial charge in [-0.15, -0.1) is 0 Å². The topological polar surface area (TPSA) is 38.0 Å². The Morgan fingerprint density at radius 2 is 2.00 bits per heavy atom. The molecule has 0 fully saturated rings. The molecule has 17 heavy (non-hydrogen) atoms. The highest BCUT2D eigenvalue weighted by Gasteiger charge is 2.19.